The summed E-state index contributed by atoms with van der Waals surface area (Å²) in [6.45, 7) is 4.97. The van der Waals surface area contributed by atoms with E-state index in [4.69, 9.17) is 25.8 Å². The van der Waals surface area contributed by atoms with E-state index in [0.717, 1.165) is 43.2 Å². The van der Waals surface area contributed by atoms with Crippen molar-refractivity contribution in [2.24, 2.45) is 0 Å². The smallest absolute Gasteiger partial charge is 0.179 e. The predicted octanol–water partition coefficient (Wildman–Crippen LogP) is 4.05. The maximum Gasteiger partial charge on any atom is 0.179 e. The van der Waals surface area contributed by atoms with E-state index in [9.17, 15) is 0 Å². The number of nitrogens with one attached hydrogen (secondary N) is 1. The second-order valence-electron chi connectivity index (χ2n) is 7.27. The van der Waals surface area contributed by atoms with Gasteiger partial charge in [0.1, 0.15) is 19.0 Å². The highest BCUT2D eigenvalue weighted by Gasteiger charge is 2.24. The van der Waals surface area contributed by atoms with E-state index in [1.807, 2.05) is 18.2 Å². The molecule has 2 heterocycles. The number of methoxy groups -OCH3 is 1. The van der Waals surface area contributed by atoms with Gasteiger partial charge >= 0.3 is 0 Å². The summed E-state index contributed by atoms with van der Waals surface area (Å²) in [6.07, 6.45) is 2.52. The maximum atomic E-state index is 6.37. The highest BCUT2D eigenvalue weighted by molar-refractivity contribution is 6.32. The minimum Gasteiger partial charge on any atom is -0.497 e. The molecule has 1 atom stereocenters. The minimum atomic E-state index is 0.324. The number of halogens is 1. The summed E-state index contributed by atoms with van der Waals surface area (Å²) >= 11 is 6.37. The number of hydrogen-bond acceptors (Lipinski definition) is 5. The molecule has 0 radical (unpaired) electrons. The number of fused-ring (bicyclic) bond motifs is 1. The molecule has 1 unspecified atom stereocenters. The Hall–Kier alpha value is -1.95. The first kappa shape index (κ1) is 19.4. The van der Waals surface area contributed by atoms with Crippen molar-refractivity contribution in [3.8, 4) is 17.2 Å². The van der Waals surface area contributed by atoms with E-state index in [-0.39, 0.29) is 0 Å². The first-order valence-electron chi connectivity index (χ1n) is 9.91. The van der Waals surface area contributed by atoms with Crippen molar-refractivity contribution in [3.05, 3.63) is 52.5 Å². The van der Waals surface area contributed by atoms with Gasteiger partial charge in [0.25, 0.3) is 0 Å². The van der Waals surface area contributed by atoms with Crippen molar-refractivity contribution in [1.82, 2.24) is 10.2 Å². The summed E-state index contributed by atoms with van der Waals surface area (Å²) in [4.78, 5) is 2.55. The zero-order valence-electron chi connectivity index (χ0n) is 16.2. The molecule has 0 spiro atoms. The predicted molar refractivity (Wildman–Crippen MR) is 111 cm³/mol. The summed E-state index contributed by atoms with van der Waals surface area (Å²) in [5.41, 5.74) is 2.38. The number of nitrogens with zero attached hydrogens (tertiary/aromatic N) is 1. The van der Waals surface area contributed by atoms with Crippen LogP contribution in [0.2, 0.25) is 5.02 Å². The lowest BCUT2D eigenvalue weighted by Gasteiger charge is -2.28. The number of rotatable bonds is 7. The molecule has 0 amide bonds. The van der Waals surface area contributed by atoms with Crippen molar-refractivity contribution in [3.63, 3.8) is 0 Å². The molecular formula is C22H27ClN2O3. The fourth-order valence-corrected chi connectivity index (χ4v) is 4.27. The van der Waals surface area contributed by atoms with Crippen LogP contribution < -0.4 is 19.5 Å². The largest absolute Gasteiger partial charge is 0.497 e. The van der Waals surface area contributed by atoms with Crippen LogP contribution in [0.15, 0.2) is 36.4 Å². The Morgan fingerprint density at radius 3 is 2.79 bits per heavy atom. The Morgan fingerprint density at radius 2 is 1.96 bits per heavy atom. The van der Waals surface area contributed by atoms with E-state index in [2.05, 4.69) is 28.4 Å². The monoisotopic (exact) mass is 402 g/mol. The summed E-state index contributed by atoms with van der Waals surface area (Å²) in [7, 11) is 1.72. The van der Waals surface area contributed by atoms with Gasteiger partial charge in [-0.2, -0.15) is 0 Å². The topological polar surface area (TPSA) is 43.0 Å². The minimum absolute atomic E-state index is 0.324. The lowest BCUT2D eigenvalue weighted by molar-refractivity contribution is 0.171. The zero-order chi connectivity index (χ0) is 19.3. The Balaban J connectivity index is 1.45. The number of ether oxygens (including phenoxy) is 3. The summed E-state index contributed by atoms with van der Waals surface area (Å²) in [5.74, 6) is 2.29. The van der Waals surface area contributed by atoms with E-state index < -0.39 is 0 Å². The SMILES string of the molecule is COc1cccc(C(CNCc2cc(Cl)c3c(c2)OCCO3)N2CCCC2)c1. The van der Waals surface area contributed by atoms with Crippen LogP contribution >= 0.6 is 11.6 Å². The molecule has 1 saturated heterocycles. The molecule has 4 rings (SSSR count). The molecule has 1 fully saturated rings. The van der Waals surface area contributed by atoms with E-state index in [0.29, 0.717) is 30.0 Å². The van der Waals surface area contributed by atoms with Crippen LogP contribution in [-0.2, 0) is 6.54 Å². The highest BCUT2D eigenvalue weighted by atomic mass is 35.5. The zero-order valence-corrected chi connectivity index (χ0v) is 17.0. The Labute approximate surface area is 171 Å². The fraction of sp³-hybridized carbons (Fsp3) is 0.455. The van der Waals surface area contributed by atoms with Crippen molar-refractivity contribution < 1.29 is 14.2 Å². The highest BCUT2D eigenvalue weighted by Crippen LogP contribution is 2.38. The Morgan fingerprint density at radius 1 is 1.14 bits per heavy atom. The number of benzene rings is 2. The average molecular weight is 403 g/mol. The van der Waals surface area contributed by atoms with Gasteiger partial charge in [-0.1, -0.05) is 23.7 Å². The summed E-state index contributed by atoms with van der Waals surface area (Å²) < 4.78 is 16.7. The molecule has 2 aromatic rings. The molecule has 2 aliphatic rings. The van der Waals surface area contributed by atoms with Crippen LogP contribution in [-0.4, -0.2) is 44.9 Å². The first-order valence-corrected chi connectivity index (χ1v) is 10.3. The average Bonchev–Trinajstić information content (AvgIpc) is 3.26. The van der Waals surface area contributed by atoms with Gasteiger partial charge < -0.3 is 19.5 Å². The molecule has 2 aliphatic heterocycles. The van der Waals surface area contributed by atoms with E-state index in [1.165, 1.54) is 18.4 Å². The van der Waals surface area contributed by atoms with Crippen LogP contribution in [0.1, 0.15) is 30.0 Å². The van der Waals surface area contributed by atoms with Crippen molar-refractivity contribution in [1.29, 1.82) is 0 Å². The summed E-state index contributed by atoms with van der Waals surface area (Å²) in [5, 5.41) is 4.22. The molecule has 1 N–H and O–H groups in total. The second kappa shape index (κ2) is 9.03. The molecule has 6 heteroatoms. The number of likely N-dealkylation sites (tertiary alicyclic amines) is 1. The first-order chi connectivity index (χ1) is 13.7. The fourth-order valence-electron chi connectivity index (χ4n) is 3.98. The van der Waals surface area contributed by atoms with Gasteiger partial charge in [0, 0.05) is 19.1 Å². The van der Waals surface area contributed by atoms with Crippen LogP contribution in [0.3, 0.4) is 0 Å². The normalized spacial score (nSPS) is 17.5. The van der Waals surface area contributed by atoms with E-state index in [1.54, 1.807) is 7.11 Å². The molecular weight excluding hydrogens is 376 g/mol. The molecule has 5 nitrogen and oxygen atoms in total. The molecule has 2 aromatic carbocycles. The molecule has 0 aromatic heterocycles. The maximum absolute atomic E-state index is 6.37. The van der Waals surface area contributed by atoms with Gasteiger partial charge in [-0.3, -0.25) is 4.90 Å². The van der Waals surface area contributed by atoms with Gasteiger partial charge in [0.2, 0.25) is 0 Å². The Kier molecular flexibility index (Phi) is 6.25. The van der Waals surface area contributed by atoms with Gasteiger partial charge in [-0.25, -0.2) is 0 Å². The Bertz CT molecular complexity index is 808. The van der Waals surface area contributed by atoms with Gasteiger partial charge in [0.15, 0.2) is 11.5 Å². The third kappa shape index (κ3) is 4.37. The third-order valence-corrected chi connectivity index (χ3v) is 5.66. The molecule has 0 aliphatic carbocycles. The van der Waals surface area contributed by atoms with E-state index >= 15 is 0 Å². The van der Waals surface area contributed by atoms with Crippen molar-refractivity contribution >= 4 is 11.6 Å². The number of hydrogen-bond donors (Lipinski definition) is 1. The van der Waals surface area contributed by atoms with Crippen LogP contribution in [0.4, 0.5) is 0 Å². The van der Waals surface area contributed by atoms with Crippen LogP contribution in [0.25, 0.3) is 0 Å². The third-order valence-electron chi connectivity index (χ3n) is 5.38. The quantitative estimate of drug-likeness (QED) is 0.756. The standard InChI is InChI=1S/C22H27ClN2O3/c1-26-18-6-4-5-17(13-18)20(25-7-2-3-8-25)15-24-14-16-11-19(23)22-21(12-16)27-9-10-28-22/h4-6,11-13,20,24H,2-3,7-10,14-15H2,1H3. The van der Waals surface area contributed by atoms with Crippen molar-refractivity contribution in [2.45, 2.75) is 25.4 Å². The molecule has 28 heavy (non-hydrogen) atoms. The van der Waals surface area contributed by atoms with Crippen LogP contribution in [0.5, 0.6) is 17.2 Å². The van der Waals surface area contributed by atoms with Crippen LogP contribution in [0, 0.1) is 0 Å². The van der Waals surface area contributed by atoms with Gasteiger partial charge in [0.05, 0.1) is 12.1 Å². The second-order valence-corrected chi connectivity index (χ2v) is 7.68. The molecule has 0 bridgehead atoms. The lowest BCUT2D eigenvalue weighted by atomic mass is 10.0. The van der Waals surface area contributed by atoms with Gasteiger partial charge in [-0.15, -0.1) is 0 Å². The molecule has 0 saturated carbocycles. The van der Waals surface area contributed by atoms with Crippen molar-refractivity contribution in [2.75, 3.05) is 40.0 Å². The molecule has 150 valence electrons. The van der Waals surface area contributed by atoms with Gasteiger partial charge in [-0.05, 0) is 61.3 Å². The lowest BCUT2D eigenvalue weighted by Crippen LogP contribution is -2.34. The summed E-state index contributed by atoms with van der Waals surface area (Å²) in [6, 6.07) is 12.7.